The van der Waals surface area contributed by atoms with Crippen LogP contribution in [0.3, 0.4) is 0 Å². The lowest BCUT2D eigenvalue weighted by Crippen LogP contribution is -2.46. The SMILES string of the molecule is Fc1cc(F)cc(-c2cc3c4c(c2)[C@@H]2CNCC[C@@H]2N4CCO3)c1. The zero-order valence-electron chi connectivity index (χ0n) is 13.2. The summed E-state index contributed by atoms with van der Waals surface area (Å²) in [4.78, 5) is 2.47. The van der Waals surface area contributed by atoms with Gasteiger partial charge in [0.2, 0.25) is 0 Å². The highest BCUT2D eigenvalue weighted by Gasteiger charge is 2.43. The van der Waals surface area contributed by atoms with Gasteiger partial charge in [0.25, 0.3) is 0 Å². The summed E-state index contributed by atoms with van der Waals surface area (Å²) in [6, 6.07) is 8.17. The molecule has 5 heteroatoms. The zero-order chi connectivity index (χ0) is 16.3. The van der Waals surface area contributed by atoms with Gasteiger partial charge < -0.3 is 15.0 Å². The van der Waals surface area contributed by atoms with Crippen molar-refractivity contribution >= 4 is 5.69 Å². The second-order valence-corrected chi connectivity index (χ2v) is 6.78. The van der Waals surface area contributed by atoms with Crippen LogP contribution in [0, 0.1) is 11.6 Å². The molecule has 3 aliphatic rings. The molecule has 2 aromatic rings. The normalized spacial score (nSPS) is 24.3. The van der Waals surface area contributed by atoms with Crippen LogP contribution >= 0.6 is 0 Å². The van der Waals surface area contributed by atoms with Gasteiger partial charge in [0.1, 0.15) is 24.0 Å². The number of hydrogen-bond acceptors (Lipinski definition) is 3. The topological polar surface area (TPSA) is 24.5 Å². The summed E-state index contributed by atoms with van der Waals surface area (Å²) in [5.74, 6) is 0.137. The summed E-state index contributed by atoms with van der Waals surface area (Å²) in [6.07, 6.45) is 1.11. The molecule has 1 N–H and O–H groups in total. The quantitative estimate of drug-likeness (QED) is 0.869. The largest absolute Gasteiger partial charge is 0.490 e. The highest BCUT2D eigenvalue weighted by molar-refractivity contribution is 5.79. The minimum atomic E-state index is -0.557. The van der Waals surface area contributed by atoms with Crippen LogP contribution in [0.5, 0.6) is 5.75 Å². The van der Waals surface area contributed by atoms with Gasteiger partial charge in [-0.2, -0.15) is 0 Å². The van der Waals surface area contributed by atoms with Crippen LogP contribution in [-0.4, -0.2) is 32.3 Å². The second-order valence-electron chi connectivity index (χ2n) is 6.78. The number of piperidine rings is 1. The van der Waals surface area contributed by atoms with Crippen molar-refractivity contribution < 1.29 is 13.5 Å². The molecule has 1 saturated heterocycles. The number of nitrogens with one attached hydrogen (secondary N) is 1. The predicted molar refractivity (Wildman–Crippen MR) is 88.7 cm³/mol. The molecule has 0 bridgehead atoms. The Kier molecular flexibility index (Phi) is 3.07. The lowest BCUT2D eigenvalue weighted by Gasteiger charge is -2.36. The second kappa shape index (κ2) is 5.18. The van der Waals surface area contributed by atoms with Gasteiger partial charge in [-0.3, -0.25) is 0 Å². The van der Waals surface area contributed by atoms with E-state index in [9.17, 15) is 8.78 Å². The van der Waals surface area contributed by atoms with Crippen molar-refractivity contribution in [1.29, 1.82) is 0 Å². The van der Waals surface area contributed by atoms with Crippen LogP contribution in [0.2, 0.25) is 0 Å². The monoisotopic (exact) mass is 328 g/mol. The molecule has 5 rings (SSSR count). The Hall–Kier alpha value is -2.14. The third kappa shape index (κ3) is 2.04. The molecule has 0 unspecified atom stereocenters. The average Bonchev–Trinajstić information content (AvgIpc) is 2.90. The maximum Gasteiger partial charge on any atom is 0.143 e. The van der Waals surface area contributed by atoms with E-state index in [4.69, 9.17) is 4.74 Å². The summed E-state index contributed by atoms with van der Waals surface area (Å²) in [5, 5.41) is 3.47. The molecule has 0 spiro atoms. The van der Waals surface area contributed by atoms with Crippen molar-refractivity contribution in [1.82, 2.24) is 5.32 Å². The number of rotatable bonds is 1. The lowest BCUT2D eigenvalue weighted by atomic mass is 9.88. The third-order valence-electron chi connectivity index (χ3n) is 5.42. The Morgan fingerprint density at radius 3 is 2.67 bits per heavy atom. The summed E-state index contributed by atoms with van der Waals surface area (Å²) in [7, 11) is 0. The van der Waals surface area contributed by atoms with Crippen LogP contribution in [0.1, 0.15) is 17.9 Å². The fourth-order valence-corrected chi connectivity index (χ4v) is 4.45. The van der Waals surface area contributed by atoms with Crippen LogP contribution in [0.25, 0.3) is 11.1 Å². The van der Waals surface area contributed by atoms with Crippen LogP contribution < -0.4 is 15.0 Å². The number of nitrogens with zero attached hydrogens (tertiary/aromatic N) is 1. The lowest BCUT2D eigenvalue weighted by molar-refractivity contribution is 0.295. The molecule has 0 aromatic heterocycles. The highest BCUT2D eigenvalue weighted by atomic mass is 19.1. The summed E-state index contributed by atoms with van der Waals surface area (Å²) < 4.78 is 33.1. The Morgan fingerprint density at radius 2 is 1.83 bits per heavy atom. The van der Waals surface area contributed by atoms with Gasteiger partial charge in [-0.1, -0.05) is 0 Å². The van der Waals surface area contributed by atoms with E-state index in [0.717, 1.165) is 43.4 Å². The Labute approximate surface area is 139 Å². The first kappa shape index (κ1) is 14.2. The summed E-state index contributed by atoms with van der Waals surface area (Å²) in [5.41, 5.74) is 3.79. The molecule has 3 heterocycles. The Balaban J connectivity index is 1.68. The number of hydrogen-bond donors (Lipinski definition) is 1. The molecule has 1 fully saturated rings. The van der Waals surface area contributed by atoms with Gasteiger partial charge in [-0.05, 0) is 53.9 Å². The zero-order valence-corrected chi connectivity index (χ0v) is 13.2. The van der Waals surface area contributed by atoms with E-state index in [0.29, 0.717) is 24.1 Å². The molecule has 2 atom stereocenters. The van der Waals surface area contributed by atoms with Gasteiger partial charge in [-0.25, -0.2) is 8.78 Å². The molecule has 3 aliphatic heterocycles. The van der Waals surface area contributed by atoms with Crippen LogP contribution in [0.15, 0.2) is 30.3 Å². The first-order valence-corrected chi connectivity index (χ1v) is 8.45. The fourth-order valence-electron chi connectivity index (χ4n) is 4.45. The van der Waals surface area contributed by atoms with Gasteiger partial charge in [0.05, 0.1) is 12.2 Å². The van der Waals surface area contributed by atoms with E-state index in [1.54, 1.807) is 0 Å². The third-order valence-corrected chi connectivity index (χ3v) is 5.42. The molecule has 24 heavy (non-hydrogen) atoms. The van der Waals surface area contributed by atoms with Gasteiger partial charge in [0, 0.05) is 24.6 Å². The van der Waals surface area contributed by atoms with Crippen molar-refractivity contribution in [2.24, 2.45) is 0 Å². The first-order valence-electron chi connectivity index (χ1n) is 8.45. The smallest absolute Gasteiger partial charge is 0.143 e. The Morgan fingerprint density at radius 1 is 1.04 bits per heavy atom. The number of benzene rings is 2. The van der Waals surface area contributed by atoms with E-state index in [2.05, 4.69) is 16.3 Å². The summed E-state index contributed by atoms with van der Waals surface area (Å²) >= 11 is 0. The Bertz CT molecular complexity index is 803. The van der Waals surface area contributed by atoms with Crippen molar-refractivity contribution in [3.8, 4) is 16.9 Å². The van der Waals surface area contributed by atoms with E-state index < -0.39 is 11.6 Å². The van der Waals surface area contributed by atoms with Crippen LogP contribution in [0.4, 0.5) is 14.5 Å². The minimum absolute atomic E-state index is 0.410. The molecular formula is C19H18F2N2O. The van der Waals surface area contributed by atoms with Gasteiger partial charge in [-0.15, -0.1) is 0 Å². The molecule has 3 nitrogen and oxygen atoms in total. The number of halogens is 2. The minimum Gasteiger partial charge on any atom is -0.490 e. The molecular weight excluding hydrogens is 310 g/mol. The van der Waals surface area contributed by atoms with Crippen molar-refractivity contribution in [2.75, 3.05) is 31.1 Å². The number of anilines is 1. The molecule has 124 valence electrons. The van der Waals surface area contributed by atoms with Crippen molar-refractivity contribution in [3.63, 3.8) is 0 Å². The van der Waals surface area contributed by atoms with Crippen molar-refractivity contribution in [2.45, 2.75) is 18.4 Å². The van der Waals surface area contributed by atoms with E-state index >= 15 is 0 Å². The van der Waals surface area contributed by atoms with Crippen LogP contribution in [-0.2, 0) is 0 Å². The molecule has 0 amide bonds. The molecule has 0 aliphatic carbocycles. The fraction of sp³-hybridized carbons (Fsp3) is 0.368. The van der Waals surface area contributed by atoms with E-state index in [1.807, 2.05) is 6.07 Å². The highest BCUT2D eigenvalue weighted by Crippen LogP contribution is 2.51. The number of fused-ring (bicyclic) bond motifs is 3. The van der Waals surface area contributed by atoms with E-state index in [-0.39, 0.29) is 0 Å². The molecule has 0 radical (unpaired) electrons. The maximum absolute atomic E-state index is 13.6. The number of ether oxygens (including phenoxy) is 1. The summed E-state index contributed by atoms with van der Waals surface area (Å²) in [6.45, 7) is 3.54. The van der Waals surface area contributed by atoms with Crippen molar-refractivity contribution in [3.05, 3.63) is 47.5 Å². The first-order chi connectivity index (χ1) is 11.7. The maximum atomic E-state index is 13.6. The predicted octanol–water partition coefficient (Wildman–Crippen LogP) is 3.29. The standard InChI is InChI=1S/C19H18F2N2O/c20-13-5-11(6-14(21)9-13)12-7-15-16-10-22-2-1-17(16)23-3-4-24-18(8-12)19(15)23/h5-9,16-17,22H,1-4,10H2/t16-,17-/m0/s1. The van der Waals surface area contributed by atoms with Gasteiger partial charge >= 0.3 is 0 Å². The molecule has 0 saturated carbocycles. The molecule has 2 aromatic carbocycles. The average molecular weight is 328 g/mol. The van der Waals surface area contributed by atoms with E-state index in [1.165, 1.54) is 23.4 Å². The van der Waals surface area contributed by atoms with Gasteiger partial charge in [0.15, 0.2) is 0 Å².